The highest BCUT2D eigenvalue weighted by atomic mass is 35.5. The van der Waals surface area contributed by atoms with Crippen LogP contribution in [0.2, 0.25) is 0 Å². The molecule has 4 nitrogen and oxygen atoms in total. The molecule has 3 rings (SSSR count). The third-order valence-electron chi connectivity index (χ3n) is 3.78. The summed E-state index contributed by atoms with van der Waals surface area (Å²) in [6.07, 6.45) is 3.29. The molecule has 1 saturated heterocycles. The highest BCUT2D eigenvalue weighted by Gasteiger charge is 2.19. The number of anilines is 1. The van der Waals surface area contributed by atoms with Gasteiger partial charge in [0.1, 0.15) is 0 Å². The summed E-state index contributed by atoms with van der Waals surface area (Å²) in [6.45, 7) is 3.15. The molecular formula is C16H20ClN3OS. The van der Waals surface area contributed by atoms with Crippen molar-refractivity contribution in [1.29, 1.82) is 0 Å². The molecule has 1 unspecified atom stereocenters. The highest BCUT2D eigenvalue weighted by Crippen LogP contribution is 2.26. The molecule has 1 amide bonds. The highest BCUT2D eigenvalue weighted by molar-refractivity contribution is 7.14. The van der Waals surface area contributed by atoms with Crippen LogP contribution in [0.4, 0.5) is 5.13 Å². The van der Waals surface area contributed by atoms with Gasteiger partial charge in [-0.3, -0.25) is 10.1 Å². The van der Waals surface area contributed by atoms with Crippen molar-refractivity contribution >= 4 is 34.8 Å². The number of hydrogen-bond acceptors (Lipinski definition) is 4. The van der Waals surface area contributed by atoms with Crippen LogP contribution in [0, 0.1) is 0 Å². The smallest absolute Gasteiger partial charge is 0.257 e. The van der Waals surface area contributed by atoms with Crippen molar-refractivity contribution in [2.75, 3.05) is 11.9 Å². The lowest BCUT2D eigenvalue weighted by molar-refractivity contribution is 0.102. The first kappa shape index (κ1) is 16.9. The first-order valence-electron chi connectivity index (χ1n) is 7.35. The first-order valence-corrected chi connectivity index (χ1v) is 8.23. The number of nitrogens with one attached hydrogen (secondary N) is 2. The molecule has 0 aliphatic carbocycles. The number of aromatic nitrogens is 1. The van der Waals surface area contributed by atoms with E-state index in [1.165, 1.54) is 23.3 Å². The number of halogens is 1. The maximum Gasteiger partial charge on any atom is 0.257 e. The summed E-state index contributed by atoms with van der Waals surface area (Å²) in [4.78, 5) is 16.7. The largest absolute Gasteiger partial charge is 0.309 e. The Hall–Kier alpha value is -1.43. The lowest BCUT2D eigenvalue weighted by atomic mass is 10.1. The zero-order chi connectivity index (χ0) is 14.7. The molecule has 6 heteroatoms. The second-order valence-corrected chi connectivity index (χ2v) is 6.09. The normalized spacial score (nSPS) is 17.0. The van der Waals surface area contributed by atoms with Gasteiger partial charge < -0.3 is 5.32 Å². The predicted octanol–water partition coefficient (Wildman–Crippen LogP) is 3.80. The Bertz CT molecular complexity index is 621. The van der Waals surface area contributed by atoms with Crippen molar-refractivity contribution in [1.82, 2.24) is 10.3 Å². The predicted molar refractivity (Wildman–Crippen MR) is 93.1 cm³/mol. The topological polar surface area (TPSA) is 54.0 Å². The number of hydrogen-bond donors (Lipinski definition) is 2. The number of aryl methyl sites for hydroxylation is 1. The van der Waals surface area contributed by atoms with Crippen molar-refractivity contribution in [3.8, 4) is 0 Å². The molecule has 1 aliphatic heterocycles. The Kier molecular flexibility index (Phi) is 5.94. The summed E-state index contributed by atoms with van der Waals surface area (Å²) in [5.74, 6) is -0.0991. The minimum atomic E-state index is -0.0991. The van der Waals surface area contributed by atoms with Crippen LogP contribution in [0.5, 0.6) is 0 Å². The van der Waals surface area contributed by atoms with E-state index >= 15 is 0 Å². The number of amides is 1. The molecule has 1 aliphatic rings. The molecule has 1 atom stereocenters. The fourth-order valence-electron chi connectivity index (χ4n) is 2.50. The van der Waals surface area contributed by atoms with E-state index < -0.39 is 0 Å². The van der Waals surface area contributed by atoms with Crippen LogP contribution in [0.3, 0.4) is 0 Å². The fourth-order valence-corrected chi connectivity index (χ4v) is 3.26. The van der Waals surface area contributed by atoms with Crippen molar-refractivity contribution in [2.24, 2.45) is 0 Å². The summed E-state index contributed by atoms with van der Waals surface area (Å²) < 4.78 is 0. The molecular weight excluding hydrogens is 318 g/mol. The van der Waals surface area contributed by atoms with Crippen molar-refractivity contribution in [2.45, 2.75) is 32.2 Å². The molecule has 2 heterocycles. The van der Waals surface area contributed by atoms with E-state index in [0.29, 0.717) is 16.7 Å². The second-order valence-electron chi connectivity index (χ2n) is 5.23. The Labute approximate surface area is 140 Å². The average Bonchev–Trinajstić information content (AvgIpc) is 3.18. The Morgan fingerprint density at radius 2 is 2.18 bits per heavy atom. The van der Waals surface area contributed by atoms with Crippen LogP contribution in [0.1, 0.15) is 47.4 Å². The third kappa shape index (κ3) is 3.85. The van der Waals surface area contributed by atoms with Gasteiger partial charge >= 0.3 is 0 Å². The molecule has 0 saturated carbocycles. The quantitative estimate of drug-likeness (QED) is 0.892. The van der Waals surface area contributed by atoms with Crippen LogP contribution in [-0.2, 0) is 6.42 Å². The lowest BCUT2D eigenvalue weighted by Crippen LogP contribution is -2.14. The zero-order valence-corrected chi connectivity index (χ0v) is 14.1. The van der Waals surface area contributed by atoms with Gasteiger partial charge in [-0.15, -0.1) is 23.7 Å². The monoisotopic (exact) mass is 337 g/mol. The van der Waals surface area contributed by atoms with E-state index in [1.807, 2.05) is 29.6 Å². The van der Waals surface area contributed by atoms with E-state index in [2.05, 4.69) is 22.5 Å². The van der Waals surface area contributed by atoms with E-state index in [9.17, 15) is 4.79 Å². The number of thiazole rings is 1. The van der Waals surface area contributed by atoms with Gasteiger partial charge in [-0.25, -0.2) is 4.98 Å². The summed E-state index contributed by atoms with van der Waals surface area (Å²) in [6, 6.07) is 8.05. The molecule has 0 spiro atoms. The van der Waals surface area contributed by atoms with E-state index in [1.54, 1.807) is 0 Å². The van der Waals surface area contributed by atoms with Gasteiger partial charge in [0.05, 0.1) is 11.7 Å². The van der Waals surface area contributed by atoms with Gasteiger partial charge in [0.15, 0.2) is 5.13 Å². The van der Waals surface area contributed by atoms with Crippen LogP contribution >= 0.6 is 23.7 Å². The maximum absolute atomic E-state index is 12.2. The Morgan fingerprint density at radius 3 is 2.82 bits per heavy atom. The summed E-state index contributed by atoms with van der Waals surface area (Å²) >= 11 is 1.48. The SMILES string of the molecule is CCc1ccc(C(=O)Nc2nc(C3CCCN3)cs2)cc1.Cl. The van der Waals surface area contributed by atoms with Crippen LogP contribution < -0.4 is 10.6 Å². The summed E-state index contributed by atoms with van der Waals surface area (Å²) in [7, 11) is 0. The van der Waals surface area contributed by atoms with Gasteiger partial charge in [-0.1, -0.05) is 19.1 Å². The maximum atomic E-state index is 12.2. The van der Waals surface area contributed by atoms with Crippen molar-refractivity contribution < 1.29 is 4.79 Å². The van der Waals surface area contributed by atoms with Crippen molar-refractivity contribution in [3.05, 3.63) is 46.5 Å². The fraction of sp³-hybridized carbons (Fsp3) is 0.375. The molecule has 0 radical (unpaired) electrons. The molecule has 22 heavy (non-hydrogen) atoms. The van der Waals surface area contributed by atoms with Crippen LogP contribution in [0.15, 0.2) is 29.6 Å². The first-order chi connectivity index (χ1) is 10.3. The zero-order valence-electron chi connectivity index (χ0n) is 12.5. The number of rotatable bonds is 4. The third-order valence-corrected chi connectivity index (χ3v) is 4.56. The van der Waals surface area contributed by atoms with E-state index in [4.69, 9.17) is 0 Å². The minimum Gasteiger partial charge on any atom is -0.309 e. The number of nitrogens with zero attached hydrogens (tertiary/aromatic N) is 1. The molecule has 1 aromatic carbocycles. The van der Waals surface area contributed by atoms with Gasteiger partial charge in [0.2, 0.25) is 0 Å². The number of benzene rings is 1. The van der Waals surface area contributed by atoms with E-state index in [-0.39, 0.29) is 18.3 Å². The average molecular weight is 338 g/mol. The van der Waals surface area contributed by atoms with E-state index in [0.717, 1.165) is 25.1 Å². The summed E-state index contributed by atoms with van der Waals surface area (Å²) in [5, 5.41) is 8.99. The van der Waals surface area contributed by atoms with Gasteiger partial charge in [-0.05, 0) is 43.5 Å². The Balaban J connectivity index is 0.00000176. The standard InChI is InChI=1S/C16H19N3OS.ClH/c1-2-11-5-7-12(8-6-11)15(20)19-16-18-14(10-21-16)13-4-3-9-17-13;/h5-8,10,13,17H,2-4,9H2,1H3,(H,18,19,20);1H. The van der Waals surface area contributed by atoms with Crippen molar-refractivity contribution in [3.63, 3.8) is 0 Å². The number of carbonyl (C=O) groups is 1. The Morgan fingerprint density at radius 1 is 1.41 bits per heavy atom. The molecule has 2 aromatic rings. The molecule has 1 aromatic heterocycles. The van der Waals surface area contributed by atoms with Gasteiger partial charge in [-0.2, -0.15) is 0 Å². The lowest BCUT2D eigenvalue weighted by Gasteiger charge is -2.05. The molecule has 118 valence electrons. The van der Waals surface area contributed by atoms with Crippen LogP contribution in [0.25, 0.3) is 0 Å². The van der Waals surface area contributed by atoms with Crippen LogP contribution in [-0.4, -0.2) is 17.4 Å². The minimum absolute atomic E-state index is 0. The van der Waals surface area contributed by atoms with Gasteiger partial charge in [0, 0.05) is 10.9 Å². The summed E-state index contributed by atoms with van der Waals surface area (Å²) in [5.41, 5.74) is 2.94. The number of carbonyl (C=O) groups excluding carboxylic acids is 1. The van der Waals surface area contributed by atoms with Gasteiger partial charge in [0.25, 0.3) is 5.91 Å². The molecule has 1 fully saturated rings. The second kappa shape index (κ2) is 7.72. The molecule has 0 bridgehead atoms. The molecule has 2 N–H and O–H groups in total.